The number of rotatable bonds is 11. The van der Waals surface area contributed by atoms with Crippen molar-refractivity contribution in [3.8, 4) is 5.75 Å². The molecular formula is C31H36O3. The third-order valence-corrected chi connectivity index (χ3v) is 5.42. The van der Waals surface area contributed by atoms with Crippen molar-refractivity contribution < 1.29 is 14.3 Å². The second-order valence-corrected chi connectivity index (χ2v) is 9.46. The summed E-state index contributed by atoms with van der Waals surface area (Å²) in [6.45, 7) is 6.43. The van der Waals surface area contributed by atoms with Crippen LogP contribution in [0.2, 0.25) is 0 Å². The lowest BCUT2D eigenvalue weighted by molar-refractivity contribution is -0.158. The number of carbonyl (C=O) groups is 1. The predicted octanol–water partition coefficient (Wildman–Crippen LogP) is 7.72. The highest BCUT2D eigenvalue weighted by Crippen LogP contribution is 2.28. The SMILES string of the molecule is CC(C)(C)OC(=O)C(C=C(c1ccccc1)c1ccccc1)CCCCCOc1ccccc1. The first-order chi connectivity index (χ1) is 16.4. The zero-order chi connectivity index (χ0) is 24.2. The van der Waals surface area contributed by atoms with Gasteiger partial charge in [-0.15, -0.1) is 0 Å². The Balaban J connectivity index is 1.71. The standard InChI is InChI=1S/C31H36O3/c1-31(2,3)34-30(32)27(20-12-7-15-23-33-28-21-13-6-14-22-28)24-29(25-16-8-4-9-17-25)26-18-10-5-11-19-26/h4-6,8-11,13-14,16-19,21-22,24,27H,7,12,15,20,23H2,1-3H3. The molecule has 0 N–H and O–H groups in total. The van der Waals surface area contributed by atoms with Crippen LogP contribution in [0.25, 0.3) is 5.57 Å². The van der Waals surface area contributed by atoms with Crippen LogP contribution in [-0.2, 0) is 9.53 Å². The van der Waals surface area contributed by atoms with Crippen molar-refractivity contribution in [3.63, 3.8) is 0 Å². The smallest absolute Gasteiger partial charge is 0.313 e. The molecule has 0 aliphatic carbocycles. The molecule has 0 radical (unpaired) electrons. The van der Waals surface area contributed by atoms with Gasteiger partial charge in [-0.05, 0) is 62.4 Å². The highest BCUT2D eigenvalue weighted by atomic mass is 16.6. The molecule has 178 valence electrons. The summed E-state index contributed by atoms with van der Waals surface area (Å²) in [5.74, 6) is 0.412. The minimum Gasteiger partial charge on any atom is -0.494 e. The van der Waals surface area contributed by atoms with Crippen LogP contribution in [0.5, 0.6) is 5.75 Å². The maximum atomic E-state index is 13.2. The van der Waals surface area contributed by atoms with Crippen LogP contribution in [-0.4, -0.2) is 18.2 Å². The molecule has 0 saturated heterocycles. The monoisotopic (exact) mass is 456 g/mol. The maximum Gasteiger partial charge on any atom is 0.313 e. The lowest BCUT2D eigenvalue weighted by atomic mass is 9.91. The Morgan fingerprint density at radius 1 is 0.765 bits per heavy atom. The van der Waals surface area contributed by atoms with Crippen LogP contribution in [0.1, 0.15) is 57.6 Å². The Kier molecular flexibility index (Phi) is 9.51. The van der Waals surface area contributed by atoms with Crippen molar-refractivity contribution in [2.75, 3.05) is 6.61 Å². The van der Waals surface area contributed by atoms with Gasteiger partial charge in [0.05, 0.1) is 12.5 Å². The molecule has 3 heteroatoms. The van der Waals surface area contributed by atoms with Crippen molar-refractivity contribution >= 4 is 11.5 Å². The average molecular weight is 457 g/mol. The predicted molar refractivity (Wildman–Crippen MR) is 140 cm³/mol. The van der Waals surface area contributed by atoms with E-state index in [1.807, 2.05) is 87.5 Å². The number of carbonyl (C=O) groups excluding carboxylic acids is 1. The van der Waals surface area contributed by atoms with Gasteiger partial charge < -0.3 is 9.47 Å². The Labute approximate surface area is 204 Å². The quantitative estimate of drug-likeness (QED) is 0.219. The largest absolute Gasteiger partial charge is 0.494 e. The van der Waals surface area contributed by atoms with E-state index in [1.54, 1.807) is 0 Å². The Hall–Kier alpha value is -3.33. The van der Waals surface area contributed by atoms with Crippen molar-refractivity contribution in [1.82, 2.24) is 0 Å². The van der Waals surface area contributed by atoms with E-state index in [0.29, 0.717) is 6.61 Å². The summed E-state index contributed by atoms with van der Waals surface area (Å²) in [6, 6.07) is 30.4. The third-order valence-electron chi connectivity index (χ3n) is 5.42. The molecule has 0 spiro atoms. The first kappa shape index (κ1) is 25.3. The number of hydrogen-bond donors (Lipinski definition) is 0. The number of unbranched alkanes of at least 4 members (excludes halogenated alkanes) is 2. The van der Waals surface area contributed by atoms with Crippen molar-refractivity contribution in [2.45, 2.75) is 52.1 Å². The molecule has 3 aromatic carbocycles. The number of benzene rings is 3. The fourth-order valence-electron chi connectivity index (χ4n) is 3.79. The summed E-state index contributed by atoms with van der Waals surface area (Å²) in [6.07, 6.45) is 5.70. The van der Waals surface area contributed by atoms with E-state index in [0.717, 1.165) is 48.1 Å². The molecule has 34 heavy (non-hydrogen) atoms. The summed E-state index contributed by atoms with van der Waals surface area (Å²) >= 11 is 0. The van der Waals surface area contributed by atoms with Crippen LogP contribution < -0.4 is 4.74 Å². The summed E-state index contributed by atoms with van der Waals surface area (Å²) in [5.41, 5.74) is 2.73. The molecule has 0 aliphatic heterocycles. The van der Waals surface area contributed by atoms with Gasteiger partial charge in [0.25, 0.3) is 0 Å². The van der Waals surface area contributed by atoms with Gasteiger partial charge >= 0.3 is 5.97 Å². The second-order valence-electron chi connectivity index (χ2n) is 9.46. The Morgan fingerprint density at radius 2 is 1.29 bits per heavy atom. The van der Waals surface area contributed by atoms with Gasteiger partial charge in [0.1, 0.15) is 11.4 Å². The number of esters is 1. The first-order valence-corrected chi connectivity index (χ1v) is 12.2. The third kappa shape index (κ3) is 8.55. The van der Waals surface area contributed by atoms with E-state index >= 15 is 0 Å². The lowest BCUT2D eigenvalue weighted by Gasteiger charge is -2.23. The van der Waals surface area contributed by atoms with E-state index in [2.05, 4.69) is 30.3 Å². The molecule has 1 unspecified atom stereocenters. The van der Waals surface area contributed by atoms with Crippen LogP contribution in [0.15, 0.2) is 97.1 Å². The zero-order valence-corrected chi connectivity index (χ0v) is 20.6. The van der Waals surface area contributed by atoms with Gasteiger partial charge in [0.15, 0.2) is 0 Å². The molecule has 0 fully saturated rings. The van der Waals surface area contributed by atoms with Gasteiger partial charge in [-0.2, -0.15) is 0 Å². The average Bonchev–Trinajstić information content (AvgIpc) is 2.84. The van der Waals surface area contributed by atoms with Crippen molar-refractivity contribution in [2.24, 2.45) is 5.92 Å². The number of ether oxygens (including phenoxy) is 2. The van der Waals surface area contributed by atoms with E-state index in [1.165, 1.54) is 0 Å². The maximum absolute atomic E-state index is 13.2. The summed E-state index contributed by atoms with van der Waals surface area (Å²) in [5, 5.41) is 0. The van der Waals surface area contributed by atoms with E-state index in [9.17, 15) is 4.79 Å². The van der Waals surface area contributed by atoms with Crippen LogP contribution in [0.4, 0.5) is 0 Å². The van der Waals surface area contributed by atoms with Crippen molar-refractivity contribution in [3.05, 3.63) is 108 Å². The molecular weight excluding hydrogens is 420 g/mol. The number of para-hydroxylation sites is 1. The highest BCUT2D eigenvalue weighted by molar-refractivity contribution is 5.84. The van der Waals surface area contributed by atoms with Crippen LogP contribution in [0, 0.1) is 5.92 Å². The molecule has 1 atom stereocenters. The topological polar surface area (TPSA) is 35.5 Å². The fourth-order valence-corrected chi connectivity index (χ4v) is 3.79. The van der Waals surface area contributed by atoms with Crippen LogP contribution in [0.3, 0.4) is 0 Å². The van der Waals surface area contributed by atoms with E-state index in [4.69, 9.17) is 9.47 Å². The second kappa shape index (κ2) is 12.8. The fraction of sp³-hybridized carbons (Fsp3) is 0.323. The number of hydrogen-bond acceptors (Lipinski definition) is 3. The molecule has 3 nitrogen and oxygen atoms in total. The van der Waals surface area contributed by atoms with E-state index < -0.39 is 5.60 Å². The van der Waals surface area contributed by atoms with Gasteiger partial charge in [0.2, 0.25) is 0 Å². The summed E-state index contributed by atoms with van der Waals surface area (Å²) < 4.78 is 11.6. The molecule has 0 aliphatic rings. The lowest BCUT2D eigenvalue weighted by Crippen LogP contribution is -2.28. The van der Waals surface area contributed by atoms with E-state index in [-0.39, 0.29) is 11.9 Å². The highest BCUT2D eigenvalue weighted by Gasteiger charge is 2.24. The Morgan fingerprint density at radius 3 is 1.82 bits per heavy atom. The van der Waals surface area contributed by atoms with Gasteiger partial charge in [-0.1, -0.05) is 97.8 Å². The molecule has 0 saturated carbocycles. The minimum atomic E-state index is -0.521. The minimum absolute atomic E-state index is 0.169. The molecule has 0 amide bonds. The normalized spacial score (nSPS) is 12.0. The molecule has 0 aromatic heterocycles. The zero-order valence-electron chi connectivity index (χ0n) is 20.6. The van der Waals surface area contributed by atoms with Crippen LogP contribution >= 0.6 is 0 Å². The van der Waals surface area contributed by atoms with Crippen molar-refractivity contribution in [1.29, 1.82) is 0 Å². The Bertz CT molecular complexity index is 977. The molecule has 0 bridgehead atoms. The first-order valence-electron chi connectivity index (χ1n) is 12.2. The molecule has 0 heterocycles. The summed E-state index contributed by atoms with van der Waals surface area (Å²) in [4.78, 5) is 13.2. The van der Waals surface area contributed by atoms with Gasteiger partial charge in [-0.25, -0.2) is 0 Å². The van der Waals surface area contributed by atoms with Gasteiger partial charge in [0, 0.05) is 0 Å². The summed E-state index contributed by atoms with van der Waals surface area (Å²) in [7, 11) is 0. The van der Waals surface area contributed by atoms with Gasteiger partial charge in [-0.3, -0.25) is 4.79 Å². The molecule has 3 aromatic rings. The molecule has 3 rings (SSSR count).